The molecular weight excluding hydrogens is 468 g/mol. The average molecular weight is 521 g/mol. The first-order valence-corrected chi connectivity index (χ1v) is 15.9. The summed E-state index contributed by atoms with van der Waals surface area (Å²) in [5.41, 5.74) is 3.12. The molecular formula is C35H52O3. The quantitative estimate of drug-likeness (QED) is 0.418. The lowest BCUT2D eigenvalue weighted by atomic mass is 9.33. The first-order valence-electron chi connectivity index (χ1n) is 15.9. The summed E-state index contributed by atoms with van der Waals surface area (Å²) in [5, 5.41) is 20.1. The Labute approximate surface area is 231 Å². The summed E-state index contributed by atoms with van der Waals surface area (Å²) >= 11 is 0. The van der Waals surface area contributed by atoms with E-state index >= 15 is 0 Å². The van der Waals surface area contributed by atoms with Crippen LogP contribution < -0.4 is 0 Å². The minimum atomic E-state index is -0.834. The molecule has 5 fully saturated rings. The highest BCUT2D eigenvalue weighted by molar-refractivity contribution is 5.87. The van der Waals surface area contributed by atoms with Crippen LogP contribution in [0.4, 0.5) is 0 Å². The molecule has 210 valence electrons. The Hall–Kier alpha value is -1.35. The molecule has 5 saturated carbocycles. The Balaban J connectivity index is 1.27. The van der Waals surface area contributed by atoms with Gasteiger partial charge in [-0.15, -0.1) is 0 Å². The van der Waals surface area contributed by atoms with Gasteiger partial charge in [-0.3, -0.25) is 0 Å². The van der Waals surface area contributed by atoms with Crippen LogP contribution in [-0.4, -0.2) is 22.8 Å². The van der Waals surface area contributed by atoms with Crippen molar-refractivity contribution in [3.05, 3.63) is 35.4 Å². The molecule has 38 heavy (non-hydrogen) atoms. The monoisotopic (exact) mass is 520 g/mol. The highest BCUT2D eigenvalue weighted by atomic mass is 16.4. The molecule has 1 unspecified atom stereocenters. The predicted octanol–water partition coefficient (Wildman–Crippen LogP) is 8.56. The molecule has 6 rings (SSSR count). The Kier molecular flexibility index (Phi) is 6.42. The minimum Gasteiger partial charge on any atom is -0.478 e. The zero-order valence-electron chi connectivity index (χ0n) is 24.6. The minimum absolute atomic E-state index is 0.192. The second-order valence-corrected chi connectivity index (χ2v) is 15.7. The van der Waals surface area contributed by atoms with E-state index in [9.17, 15) is 15.0 Å². The van der Waals surface area contributed by atoms with Gasteiger partial charge in [0.25, 0.3) is 0 Å². The molecule has 3 nitrogen and oxygen atoms in total. The predicted molar refractivity (Wildman–Crippen MR) is 153 cm³/mol. The Morgan fingerprint density at radius 1 is 0.895 bits per heavy atom. The summed E-state index contributed by atoms with van der Waals surface area (Å²) in [6, 6.07) is 7.76. The standard InChI is InChI=1S/C35H52O3/c1-22(2)27-14-17-35(21-36)19-18-33(4)28(30(27)35)10-11-29-32(3)15-12-25(20-26(32)13-16-34(29,33)5)23-6-8-24(9-7-23)31(37)38/h6-9,22,25-30,36H,10-21H2,1-5H3,(H,37,38)/t25-,26-,27-,28?,29+,30+,32-,33+,34+,35+/m0/s1. The molecule has 2 N–H and O–H groups in total. The van der Waals surface area contributed by atoms with E-state index in [1.54, 1.807) is 12.1 Å². The van der Waals surface area contributed by atoms with Crippen molar-refractivity contribution in [1.29, 1.82) is 0 Å². The smallest absolute Gasteiger partial charge is 0.335 e. The van der Waals surface area contributed by atoms with Gasteiger partial charge in [-0.1, -0.05) is 46.8 Å². The lowest BCUT2D eigenvalue weighted by Gasteiger charge is -2.71. The van der Waals surface area contributed by atoms with Gasteiger partial charge in [-0.2, -0.15) is 0 Å². The SMILES string of the molecule is CC(C)[C@@H]1CC[C@]2(CO)CC[C@]3(C)C(CC[C@@H]4[C@@]5(C)CC[C@H](c6ccc(C(=O)O)cc6)C[C@@H]5CC[C@]43C)[C@@H]12. The summed E-state index contributed by atoms with van der Waals surface area (Å²) in [6.45, 7) is 13.4. The number of aliphatic hydroxyl groups is 1. The molecule has 1 aromatic carbocycles. The highest BCUT2D eigenvalue weighted by Crippen LogP contribution is 2.76. The van der Waals surface area contributed by atoms with Crippen LogP contribution in [0, 0.1) is 57.2 Å². The van der Waals surface area contributed by atoms with E-state index in [-0.39, 0.29) is 5.41 Å². The summed E-state index contributed by atoms with van der Waals surface area (Å²) in [4.78, 5) is 11.3. The largest absolute Gasteiger partial charge is 0.478 e. The molecule has 0 aromatic heterocycles. The number of aromatic carboxylic acids is 1. The molecule has 5 aliphatic rings. The maximum atomic E-state index is 11.3. The summed E-state index contributed by atoms with van der Waals surface area (Å²) in [6.07, 6.45) is 14.4. The van der Waals surface area contributed by atoms with E-state index in [0.717, 1.165) is 29.6 Å². The summed E-state index contributed by atoms with van der Waals surface area (Å²) in [7, 11) is 0. The molecule has 0 amide bonds. The molecule has 3 heteroatoms. The molecule has 0 saturated heterocycles. The molecule has 0 spiro atoms. The maximum absolute atomic E-state index is 11.3. The number of hydrogen-bond donors (Lipinski definition) is 2. The van der Waals surface area contributed by atoms with Gasteiger partial charge in [-0.05, 0) is 151 Å². The van der Waals surface area contributed by atoms with E-state index < -0.39 is 5.97 Å². The number of fused-ring (bicyclic) bond motifs is 7. The van der Waals surface area contributed by atoms with Crippen LogP contribution in [0.3, 0.4) is 0 Å². The number of rotatable bonds is 4. The zero-order valence-corrected chi connectivity index (χ0v) is 24.6. The van der Waals surface area contributed by atoms with Crippen LogP contribution in [0.5, 0.6) is 0 Å². The number of benzene rings is 1. The third-order valence-electron chi connectivity index (χ3n) is 14.5. The van der Waals surface area contributed by atoms with Gasteiger partial charge in [0, 0.05) is 6.61 Å². The zero-order chi connectivity index (χ0) is 27.1. The summed E-state index contributed by atoms with van der Waals surface area (Å²) < 4.78 is 0. The summed E-state index contributed by atoms with van der Waals surface area (Å²) in [5.74, 6) is 4.27. The first-order chi connectivity index (χ1) is 18.0. The molecule has 1 aromatic rings. The van der Waals surface area contributed by atoms with Crippen molar-refractivity contribution in [2.24, 2.45) is 57.2 Å². The topological polar surface area (TPSA) is 57.5 Å². The van der Waals surface area contributed by atoms with Crippen LogP contribution in [-0.2, 0) is 0 Å². The van der Waals surface area contributed by atoms with Gasteiger partial charge in [0.15, 0.2) is 0 Å². The van der Waals surface area contributed by atoms with E-state index in [1.807, 2.05) is 0 Å². The molecule has 0 heterocycles. The first kappa shape index (κ1) is 26.9. The van der Waals surface area contributed by atoms with Gasteiger partial charge >= 0.3 is 5.97 Å². The normalized spacial score (nSPS) is 48.1. The van der Waals surface area contributed by atoms with E-state index in [1.165, 1.54) is 76.2 Å². The Morgan fingerprint density at radius 2 is 1.63 bits per heavy atom. The van der Waals surface area contributed by atoms with E-state index in [4.69, 9.17) is 0 Å². The maximum Gasteiger partial charge on any atom is 0.335 e. The number of aliphatic hydroxyl groups excluding tert-OH is 1. The lowest BCUT2D eigenvalue weighted by molar-refractivity contribution is -0.229. The second-order valence-electron chi connectivity index (χ2n) is 15.7. The fraction of sp³-hybridized carbons (Fsp3) is 0.800. The fourth-order valence-corrected chi connectivity index (χ4v) is 12.2. The lowest BCUT2D eigenvalue weighted by Crippen LogP contribution is -2.64. The van der Waals surface area contributed by atoms with Crippen molar-refractivity contribution in [3.8, 4) is 0 Å². The molecule has 0 bridgehead atoms. The number of carboxylic acid groups (broad SMARTS) is 1. The molecule has 0 aliphatic heterocycles. The van der Waals surface area contributed by atoms with E-state index in [2.05, 4.69) is 46.8 Å². The molecule has 0 radical (unpaired) electrons. The second kappa shape index (κ2) is 9.08. The van der Waals surface area contributed by atoms with Crippen molar-refractivity contribution in [2.75, 3.05) is 6.61 Å². The van der Waals surface area contributed by atoms with Crippen LogP contribution in [0.15, 0.2) is 24.3 Å². The molecule has 10 atom stereocenters. The fourth-order valence-electron chi connectivity index (χ4n) is 12.2. The number of carbonyl (C=O) groups is 1. The van der Waals surface area contributed by atoms with Crippen molar-refractivity contribution < 1.29 is 15.0 Å². The number of hydrogen-bond acceptors (Lipinski definition) is 2. The van der Waals surface area contributed by atoms with Crippen molar-refractivity contribution in [3.63, 3.8) is 0 Å². The van der Waals surface area contributed by atoms with Gasteiger partial charge < -0.3 is 10.2 Å². The average Bonchev–Trinajstić information content (AvgIpc) is 3.29. The Morgan fingerprint density at radius 3 is 2.29 bits per heavy atom. The van der Waals surface area contributed by atoms with Crippen LogP contribution >= 0.6 is 0 Å². The van der Waals surface area contributed by atoms with Crippen LogP contribution in [0.1, 0.15) is 127 Å². The number of carboxylic acids is 1. The van der Waals surface area contributed by atoms with Crippen LogP contribution in [0.25, 0.3) is 0 Å². The van der Waals surface area contributed by atoms with Gasteiger partial charge in [0.2, 0.25) is 0 Å². The van der Waals surface area contributed by atoms with Gasteiger partial charge in [-0.25, -0.2) is 4.79 Å². The van der Waals surface area contributed by atoms with Crippen molar-refractivity contribution in [1.82, 2.24) is 0 Å². The van der Waals surface area contributed by atoms with E-state index in [0.29, 0.717) is 40.3 Å². The van der Waals surface area contributed by atoms with Gasteiger partial charge in [0.1, 0.15) is 0 Å². The van der Waals surface area contributed by atoms with Crippen LogP contribution in [0.2, 0.25) is 0 Å². The van der Waals surface area contributed by atoms with Crippen molar-refractivity contribution in [2.45, 2.75) is 111 Å². The van der Waals surface area contributed by atoms with Crippen molar-refractivity contribution >= 4 is 5.97 Å². The highest BCUT2D eigenvalue weighted by Gasteiger charge is 2.69. The third kappa shape index (κ3) is 3.58. The molecule has 5 aliphatic carbocycles. The van der Waals surface area contributed by atoms with Gasteiger partial charge in [0.05, 0.1) is 5.56 Å². The Bertz CT molecular complexity index is 1060. The third-order valence-corrected chi connectivity index (χ3v) is 14.5.